The van der Waals surface area contributed by atoms with Crippen LogP contribution in [0.4, 0.5) is 4.79 Å². The van der Waals surface area contributed by atoms with E-state index in [2.05, 4.69) is 5.10 Å². The Bertz CT molecular complexity index is 446. The highest BCUT2D eigenvalue weighted by atomic mass is 17.2. The topological polar surface area (TPSA) is 62.6 Å². The minimum absolute atomic E-state index is 0.126. The van der Waals surface area contributed by atoms with Crippen molar-refractivity contribution in [3.63, 3.8) is 0 Å². The van der Waals surface area contributed by atoms with Gasteiger partial charge in [0.25, 0.3) is 0 Å². The van der Waals surface area contributed by atoms with Gasteiger partial charge in [-0.15, -0.1) is 0 Å². The van der Waals surface area contributed by atoms with Gasteiger partial charge in [-0.2, -0.15) is 9.78 Å². The standard InChI is InChI=1S/C11H17BN2O4/c1-7-8(9-6-16-18-12-9)5-14(13-7)10(15)17-11(2,3)4/h5,9,12H,6H2,1-4H3. The molecule has 0 bridgehead atoms. The molecule has 1 aromatic heterocycles. The molecule has 0 radical (unpaired) electrons. The maximum atomic E-state index is 11.9. The summed E-state index contributed by atoms with van der Waals surface area (Å²) in [5.41, 5.74) is 1.22. The van der Waals surface area contributed by atoms with Gasteiger partial charge in [-0.3, -0.25) is 4.89 Å². The van der Waals surface area contributed by atoms with E-state index in [1.807, 2.05) is 27.7 Å². The Morgan fingerprint density at radius 3 is 2.89 bits per heavy atom. The van der Waals surface area contributed by atoms with Crippen LogP contribution in [0, 0.1) is 6.92 Å². The fourth-order valence-electron chi connectivity index (χ4n) is 1.76. The molecule has 1 fully saturated rings. The zero-order valence-electron chi connectivity index (χ0n) is 11.1. The van der Waals surface area contributed by atoms with Crippen LogP contribution in [0.25, 0.3) is 0 Å². The van der Waals surface area contributed by atoms with Crippen LogP contribution in [0.1, 0.15) is 37.8 Å². The van der Waals surface area contributed by atoms with Crippen molar-refractivity contribution in [2.45, 2.75) is 39.1 Å². The molecule has 18 heavy (non-hydrogen) atoms. The predicted octanol–water partition coefficient (Wildman–Crippen LogP) is 1.33. The molecule has 1 saturated heterocycles. The van der Waals surface area contributed by atoms with E-state index in [9.17, 15) is 4.79 Å². The zero-order chi connectivity index (χ0) is 13.3. The number of carbonyl (C=O) groups excluding carboxylic acids is 1. The van der Waals surface area contributed by atoms with Crippen LogP contribution in [0.3, 0.4) is 0 Å². The second kappa shape index (κ2) is 4.74. The lowest BCUT2D eigenvalue weighted by molar-refractivity contribution is -0.183. The number of carbonyl (C=O) groups is 1. The first kappa shape index (κ1) is 13.1. The van der Waals surface area contributed by atoms with Gasteiger partial charge in [0.2, 0.25) is 0 Å². The Morgan fingerprint density at radius 1 is 1.61 bits per heavy atom. The first-order chi connectivity index (χ1) is 8.37. The van der Waals surface area contributed by atoms with Crippen LogP contribution in [-0.2, 0) is 14.4 Å². The van der Waals surface area contributed by atoms with E-state index in [0.717, 1.165) is 11.3 Å². The van der Waals surface area contributed by atoms with Crippen molar-refractivity contribution in [1.82, 2.24) is 9.78 Å². The lowest BCUT2D eigenvalue weighted by atomic mass is 9.77. The zero-order valence-corrected chi connectivity index (χ0v) is 11.1. The molecule has 0 spiro atoms. The Morgan fingerprint density at radius 2 is 2.33 bits per heavy atom. The monoisotopic (exact) mass is 252 g/mol. The first-order valence-corrected chi connectivity index (χ1v) is 5.91. The Hall–Kier alpha value is -1.34. The van der Waals surface area contributed by atoms with Crippen molar-refractivity contribution < 1.29 is 19.2 Å². The number of hydrogen-bond acceptors (Lipinski definition) is 5. The van der Waals surface area contributed by atoms with Gasteiger partial charge in [0.15, 0.2) is 0 Å². The average Bonchev–Trinajstić information content (AvgIpc) is 2.82. The molecule has 2 rings (SSSR count). The van der Waals surface area contributed by atoms with E-state index >= 15 is 0 Å². The SMILES string of the molecule is Cc1nn(C(=O)OC(C)(C)C)cc1C1BOOC1. The van der Waals surface area contributed by atoms with Gasteiger partial charge in [-0.25, -0.2) is 4.79 Å². The molecule has 98 valence electrons. The van der Waals surface area contributed by atoms with Gasteiger partial charge in [0.1, 0.15) is 5.60 Å². The van der Waals surface area contributed by atoms with Crippen LogP contribution < -0.4 is 0 Å². The minimum atomic E-state index is -0.531. The van der Waals surface area contributed by atoms with Crippen LogP contribution >= 0.6 is 0 Å². The molecular weight excluding hydrogens is 235 g/mol. The minimum Gasteiger partial charge on any atom is -0.442 e. The van der Waals surface area contributed by atoms with Crippen molar-refractivity contribution in [2.24, 2.45) is 0 Å². The summed E-state index contributed by atoms with van der Waals surface area (Å²) in [6, 6.07) is 0. The fraction of sp³-hybridized carbons (Fsp3) is 0.636. The number of aromatic nitrogens is 2. The maximum absolute atomic E-state index is 11.9. The molecule has 0 amide bonds. The molecular formula is C11H17BN2O4. The summed E-state index contributed by atoms with van der Waals surface area (Å²) in [7, 11) is 0.487. The largest absolute Gasteiger partial charge is 0.442 e. The van der Waals surface area contributed by atoms with Gasteiger partial charge >= 0.3 is 13.6 Å². The number of ether oxygens (including phenoxy) is 1. The van der Waals surface area contributed by atoms with E-state index in [1.165, 1.54) is 4.68 Å². The molecule has 1 unspecified atom stereocenters. The van der Waals surface area contributed by atoms with E-state index in [-0.39, 0.29) is 5.82 Å². The molecule has 1 atom stereocenters. The van der Waals surface area contributed by atoms with Gasteiger partial charge in [-0.05, 0) is 33.3 Å². The van der Waals surface area contributed by atoms with Gasteiger partial charge in [-0.1, -0.05) is 0 Å². The maximum Gasteiger partial charge on any atom is 0.435 e. The van der Waals surface area contributed by atoms with Crippen LogP contribution in [-0.4, -0.2) is 35.6 Å². The summed E-state index contributed by atoms with van der Waals surface area (Å²) in [6.07, 6.45) is 1.21. The molecule has 0 aromatic carbocycles. The van der Waals surface area contributed by atoms with Gasteiger partial charge in [0, 0.05) is 12.0 Å². The Kier molecular flexibility index (Phi) is 3.45. The lowest BCUT2D eigenvalue weighted by Gasteiger charge is -2.18. The number of rotatable bonds is 1. The van der Waals surface area contributed by atoms with Crippen molar-refractivity contribution in [3.05, 3.63) is 17.5 Å². The smallest absolute Gasteiger partial charge is 0.435 e. The molecule has 2 heterocycles. The summed E-state index contributed by atoms with van der Waals surface area (Å²) in [5, 5.41) is 4.17. The molecule has 0 saturated carbocycles. The Labute approximate surface area is 106 Å². The Balaban J connectivity index is 2.15. The molecule has 1 aliphatic heterocycles. The molecule has 0 N–H and O–H groups in total. The van der Waals surface area contributed by atoms with Crippen molar-refractivity contribution >= 4 is 13.6 Å². The second-order valence-corrected chi connectivity index (χ2v) is 5.36. The van der Waals surface area contributed by atoms with Gasteiger partial charge < -0.3 is 9.54 Å². The van der Waals surface area contributed by atoms with E-state index in [4.69, 9.17) is 14.4 Å². The average molecular weight is 252 g/mol. The third-order valence-electron chi connectivity index (χ3n) is 2.58. The summed E-state index contributed by atoms with van der Waals surface area (Å²) in [6.45, 7) is 7.80. The van der Waals surface area contributed by atoms with Crippen molar-refractivity contribution in [2.75, 3.05) is 6.61 Å². The second-order valence-electron chi connectivity index (χ2n) is 5.36. The van der Waals surface area contributed by atoms with Gasteiger partial charge in [0.05, 0.1) is 12.3 Å². The summed E-state index contributed by atoms with van der Waals surface area (Å²) in [5.74, 6) is 0.126. The molecule has 6 nitrogen and oxygen atoms in total. The van der Waals surface area contributed by atoms with Crippen molar-refractivity contribution in [1.29, 1.82) is 0 Å². The lowest BCUT2D eigenvalue weighted by Crippen LogP contribution is -2.27. The number of hydrogen-bond donors (Lipinski definition) is 0. The molecule has 7 heteroatoms. The highest BCUT2D eigenvalue weighted by molar-refractivity contribution is 6.30. The first-order valence-electron chi connectivity index (χ1n) is 5.91. The third-order valence-corrected chi connectivity index (χ3v) is 2.58. The molecule has 1 aliphatic rings. The summed E-state index contributed by atoms with van der Waals surface area (Å²) < 4.78 is 6.48. The van der Waals surface area contributed by atoms with Crippen LogP contribution in [0.15, 0.2) is 6.20 Å². The van der Waals surface area contributed by atoms with E-state index in [1.54, 1.807) is 6.20 Å². The summed E-state index contributed by atoms with van der Waals surface area (Å²) >= 11 is 0. The fourth-order valence-corrected chi connectivity index (χ4v) is 1.76. The predicted molar refractivity (Wildman–Crippen MR) is 65.5 cm³/mol. The van der Waals surface area contributed by atoms with E-state index < -0.39 is 11.7 Å². The molecule has 1 aromatic rings. The highest BCUT2D eigenvalue weighted by Crippen LogP contribution is 2.23. The number of nitrogens with zero attached hydrogens (tertiary/aromatic N) is 2. The third kappa shape index (κ3) is 2.91. The normalized spacial score (nSPS) is 19.7. The van der Waals surface area contributed by atoms with Crippen LogP contribution in [0.5, 0.6) is 0 Å². The van der Waals surface area contributed by atoms with Crippen LogP contribution in [0.2, 0.25) is 0 Å². The number of aryl methyl sites for hydroxylation is 1. The van der Waals surface area contributed by atoms with Crippen molar-refractivity contribution in [3.8, 4) is 0 Å². The van der Waals surface area contributed by atoms with E-state index in [0.29, 0.717) is 14.1 Å². The highest BCUT2D eigenvalue weighted by Gasteiger charge is 2.27. The molecule has 0 aliphatic carbocycles. The summed E-state index contributed by atoms with van der Waals surface area (Å²) in [4.78, 5) is 21.6. The quantitative estimate of drug-likeness (QED) is 0.557.